The number of rotatable bonds is 5. The van der Waals surface area contributed by atoms with Gasteiger partial charge in [-0.25, -0.2) is 0 Å². The largest absolute Gasteiger partial charge is 0.340 e. The summed E-state index contributed by atoms with van der Waals surface area (Å²) in [5.74, 6) is 0.245. The van der Waals surface area contributed by atoms with Gasteiger partial charge in [-0.1, -0.05) is 37.3 Å². The molecule has 3 rings (SSSR count). The number of benzene rings is 1. The minimum atomic E-state index is -0.0844. The molecular formula is C18H22N2OS. The van der Waals surface area contributed by atoms with Gasteiger partial charge in [-0.05, 0) is 35.4 Å². The Morgan fingerprint density at radius 1 is 1.32 bits per heavy atom. The quantitative estimate of drug-likeness (QED) is 0.919. The number of amides is 1. The molecule has 1 amide bonds. The Morgan fingerprint density at radius 3 is 3.00 bits per heavy atom. The van der Waals surface area contributed by atoms with Crippen LogP contribution in [0.5, 0.6) is 0 Å². The minimum absolute atomic E-state index is 0.0844. The van der Waals surface area contributed by atoms with Gasteiger partial charge in [-0.3, -0.25) is 4.79 Å². The summed E-state index contributed by atoms with van der Waals surface area (Å²) in [6.07, 6.45) is 1.78. The summed E-state index contributed by atoms with van der Waals surface area (Å²) in [5, 5.41) is 5.47. The molecule has 1 aromatic carbocycles. The van der Waals surface area contributed by atoms with E-state index in [-0.39, 0.29) is 11.9 Å². The minimum Gasteiger partial charge on any atom is -0.340 e. The second-order valence-corrected chi connectivity index (χ2v) is 6.66. The first kappa shape index (κ1) is 15.3. The maximum Gasteiger partial charge on any atom is 0.240 e. The summed E-state index contributed by atoms with van der Waals surface area (Å²) >= 11 is 1.75. The molecule has 1 atom stereocenters. The molecule has 1 aliphatic heterocycles. The molecule has 0 aliphatic carbocycles. The third kappa shape index (κ3) is 3.39. The molecule has 0 radical (unpaired) electrons. The number of thiophene rings is 1. The number of piperazine rings is 1. The molecule has 2 aromatic rings. The van der Waals surface area contributed by atoms with E-state index < -0.39 is 0 Å². The van der Waals surface area contributed by atoms with Crippen molar-refractivity contribution in [2.75, 3.05) is 19.6 Å². The van der Waals surface area contributed by atoms with Crippen molar-refractivity contribution in [1.82, 2.24) is 10.2 Å². The first-order valence-corrected chi connectivity index (χ1v) is 8.81. The molecular weight excluding hydrogens is 292 g/mol. The number of nitrogens with zero attached hydrogens (tertiary/aromatic N) is 1. The van der Waals surface area contributed by atoms with Crippen LogP contribution < -0.4 is 5.32 Å². The molecule has 0 bridgehead atoms. The van der Waals surface area contributed by atoms with Crippen LogP contribution in [-0.4, -0.2) is 36.5 Å². The molecule has 0 spiro atoms. The Bertz CT molecular complexity index is 622. The molecule has 1 saturated heterocycles. The van der Waals surface area contributed by atoms with Crippen LogP contribution in [0.4, 0.5) is 0 Å². The van der Waals surface area contributed by atoms with Crippen LogP contribution in [0.1, 0.15) is 18.9 Å². The summed E-state index contributed by atoms with van der Waals surface area (Å²) in [5.41, 5.74) is 2.45. The van der Waals surface area contributed by atoms with Gasteiger partial charge in [0.15, 0.2) is 0 Å². The van der Waals surface area contributed by atoms with Gasteiger partial charge in [-0.15, -0.1) is 11.3 Å². The van der Waals surface area contributed by atoms with E-state index in [1.54, 1.807) is 11.3 Å². The van der Waals surface area contributed by atoms with E-state index in [1.807, 2.05) is 4.90 Å². The van der Waals surface area contributed by atoms with Gasteiger partial charge in [0.1, 0.15) is 0 Å². The number of hydrogen-bond acceptors (Lipinski definition) is 3. The van der Waals surface area contributed by atoms with Crippen LogP contribution in [0.2, 0.25) is 0 Å². The highest BCUT2D eigenvalue weighted by Crippen LogP contribution is 2.25. The topological polar surface area (TPSA) is 32.3 Å². The smallest absolute Gasteiger partial charge is 0.240 e. The fraction of sp³-hybridized carbons (Fsp3) is 0.389. The molecule has 1 fully saturated rings. The first-order chi connectivity index (χ1) is 10.8. The number of nitrogens with one attached hydrogen (secondary N) is 1. The van der Waals surface area contributed by atoms with Crippen molar-refractivity contribution >= 4 is 17.2 Å². The van der Waals surface area contributed by atoms with Crippen LogP contribution in [0, 0.1) is 0 Å². The maximum atomic E-state index is 12.5. The van der Waals surface area contributed by atoms with E-state index in [2.05, 4.69) is 54.0 Å². The van der Waals surface area contributed by atoms with Gasteiger partial charge in [0.2, 0.25) is 5.91 Å². The zero-order valence-corrected chi connectivity index (χ0v) is 13.7. The summed E-state index contributed by atoms with van der Waals surface area (Å²) in [7, 11) is 0. The molecule has 0 saturated carbocycles. The summed E-state index contributed by atoms with van der Waals surface area (Å²) in [6, 6.07) is 12.7. The van der Waals surface area contributed by atoms with Crippen molar-refractivity contribution in [3.05, 3.63) is 47.3 Å². The lowest BCUT2D eigenvalue weighted by Crippen LogP contribution is -2.55. The lowest BCUT2D eigenvalue weighted by molar-refractivity contribution is -0.135. The molecule has 116 valence electrons. The van der Waals surface area contributed by atoms with Crippen molar-refractivity contribution < 1.29 is 4.79 Å². The normalized spacial score (nSPS) is 18.7. The molecule has 2 heterocycles. The standard InChI is InChI=1S/C18H22N2OS/c1-2-9-20-10-8-19-16(18(20)21)13-14-5-3-6-15(12-14)17-7-4-11-22-17/h3-7,11-12,16,19H,2,8-10,13H2,1H3/t16-/m0/s1. The Balaban J connectivity index is 1.73. The van der Waals surface area contributed by atoms with Crippen molar-refractivity contribution in [1.29, 1.82) is 0 Å². The third-order valence-electron chi connectivity index (χ3n) is 4.05. The average molecular weight is 314 g/mol. The molecule has 22 heavy (non-hydrogen) atoms. The van der Waals surface area contributed by atoms with E-state index in [1.165, 1.54) is 16.0 Å². The Kier molecular flexibility index (Phi) is 4.90. The van der Waals surface area contributed by atoms with Crippen LogP contribution in [0.25, 0.3) is 10.4 Å². The van der Waals surface area contributed by atoms with E-state index in [9.17, 15) is 4.79 Å². The SMILES string of the molecule is CCCN1CCN[C@@H](Cc2cccc(-c3cccs3)c2)C1=O. The van der Waals surface area contributed by atoms with Crippen molar-refractivity contribution in [2.45, 2.75) is 25.8 Å². The zero-order valence-electron chi connectivity index (χ0n) is 12.9. The Labute approximate surface area is 136 Å². The van der Waals surface area contributed by atoms with Crippen molar-refractivity contribution in [3.63, 3.8) is 0 Å². The average Bonchev–Trinajstić information content (AvgIpc) is 3.06. The monoisotopic (exact) mass is 314 g/mol. The first-order valence-electron chi connectivity index (χ1n) is 7.93. The summed E-state index contributed by atoms with van der Waals surface area (Å²) in [4.78, 5) is 15.8. The van der Waals surface area contributed by atoms with E-state index in [0.29, 0.717) is 0 Å². The molecule has 4 heteroatoms. The molecule has 0 unspecified atom stereocenters. The number of hydrogen-bond donors (Lipinski definition) is 1. The Morgan fingerprint density at radius 2 is 2.23 bits per heavy atom. The molecule has 1 aromatic heterocycles. The fourth-order valence-corrected chi connectivity index (χ4v) is 3.70. The van der Waals surface area contributed by atoms with Gasteiger partial charge >= 0.3 is 0 Å². The predicted octanol–water partition coefficient (Wildman–Crippen LogP) is 3.17. The summed E-state index contributed by atoms with van der Waals surface area (Å²) in [6.45, 7) is 4.71. The van der Waals surface area contributed by atoms with Crippen molar-refractivity contribution in [2.24, 2.45) is 0 Å². The highest BCUT2D eigenvalue weighted by Gasteiger charge is 2.27. The molecule has 1 N–H and O–H groups in total. The van der Waals surface area contributed by atoms with Crippen molar-refractivity contribution in [3.8, 4) is 10.4 Å². The molecule has 3 nitrogen and oxygen atoms in total. The van der Waals surface area contributed by atoms with Gasteiger partial charge in [0.05, 0.1) is 6.04 Å². The van der Waals surface area contributed by atoms with Gasteiger partial charge in [-0.2, -0.15) is 0 Å². The van der Waals surface area contributed by atoms with Crippen LogP contribution in [0.15, 0.2) is 41.8 Å². The molecule has 1 aliphatic rings. The second kappa shape index (κ2) is 7.07. The van der Waals surface area contributed by atoms with Crippen LogP contribution in [-0.2, 0) is 11.2 Å². The van der Waals surface area contributed by atoms with Crippen LogP contribution >= 0.6 is 11.3 Å². The van der Waals surface area contributed by atoms with Crippen LogP contribution in [0.3, 0.4) is 0 Å². The third-order valence-corrected chi connectivity index (χ3v) is 4.97. The highest BCUT2D eigenvalue weighted by atomic mass is 32.1. The fourth-order valence-electron chi connectivity index (χ4n) is 2.97. The second-order valence-electron chi connectivity index (χ2n) is 5.71. The van der Waals surface area contributed by atoms with Gasteiger partial charge in [0, 0.05) is 24.5 Å². The van der Waals surface area contributed by atoms with E-state index in [0.717, 1.165) is 32.5 Å². The zero-order chi connectivity index (χ0) is 15.4. The lowest BCUT2D eigenvalue weighted by Gasteiger charge is -2.33. The number of carbonyl (C=O) groups is 1. The highest BCUT2D eigenvalue weighted by molar-refractivity contribution is 7.13. The van der Waals surface area contributed by atoms with E-state index in [4.69, 9.17) is 0 Å². The number of carbonyl (C=O) groups excluding carboxylic acids is 1. The van der Waals surface area contributed by atoms with Gasteiger partial charge < -0.3 is 10.2 Å². The maximum absolute atomic E-state index is 12.5. The van der Waals surface area contributed by atoms with E-state index >= 15 is 0 Å². The predicted molar refractivity (Wildman–Crippen MR) is 92.1 cm³/mol. The lowest BCUT2D eigenvalue weighted by atomic mass is 10.0. The summed E-state index contributed by atoms with van der Waals surface area (Å²) < 4.78 is 0. The van der Waals surface area contributed by atoms with Gasteiger partial charge in [0.25, 0.3) is 0 Å². The Hall–Kier alpha value is -1.65.